The molecule has 6 heteroatoms. The molecule has 24 heavy (non-hydrogen) atoms. The van der Waals surface area contributed by atoms with E-state index in [0.29, 0.717) is 19.0 Å². The van der Waals surface area contributed by atoms with E-state index in [-0.39, 0.29) is 24.0 Å². The third kappa shape index (κ3) is 6.41. The number of aryl methyl sites for hydroxylation is 1. The lowest BCUT2D eigenvalue weighted by atomic mass is 10.1. The van der Waals surface area contributed by atoms with Crippen LogP contribution in [0, 0.1) is 6.92 Å². The van der Waals surface area contributed by atoms with Crippen molar-refractivity contribution in [1.29, 1.82) is 0 Å². The van der Waals surface area contributed by atoms with Gasteiger partial charge in [-0.3, -0.25) is 0 Å². The molecule has 1 aromatic carbocycles. The molecule has 0 amide bonds. The zero-order valence-electron chi connectivity index (χ0n) is 14.4. The fourth-order valence-electron chi connectivity index (χ4n) is 2.13. The summed E-state index contributed by atoms with van der Waals surface area (Å²) in [6.07, 6.45) is 0. The summed E-state index contributed by atoms with van der Waals surface area (Å²) in [6, 6.07) is 12.3. The van der Waals surface area contributed by atoms with Crippen LogP contribution in [0.5, 0.6) is 0 Å². The summed E-state index contributed by atoms with van der Waals surface area (Å²) in [4.78, 5) is 5.53. The Morgan fingerprint density at radius 1 is 1.21 bits per heavy atom. The van der Waals surface area contributed by atoms with E-state index >= 15 is 0 Å². The number of thiophene rings is 1. The van der Waals surface area contributed by atoms with Crippen molar-refractivity contribution in [3.63, 3.8) is 0 Å². The van der Waals surface area contributed by atoms with Gasteiger partial charge in [-0.25, -0.2) is 4.99 Å². The van der Waals surface area contributed by atoms with Crippen LogP contribution in [0.4, 0.5) is 0 Å². The number of rotatable bonds is 6. The number of hydrogen-bond acceptors (Lipinski definition) is 3. The minimum absolute atomic E-state index is 0. The topological polar surface area (TPSA) is 56.7 Å². The number of nitrogens with zero attached hydrogens (tertiary/aromatic N) is 1. The van der Waals surface area contributed by atoms with Crippen molar-refractivity contribution < 1.29 is 5.11 Å². The monoisotopic (exact) mass is 459 g/mol. The van der Waals surface area contributed by atoms with Gasteiger partial charge in [0.1, 0.15) is 5.60 Å². The molecule has 0 aliphatic rings. The second-order valence-electron chi connectivity index (χ2n) is 5.79. The minimum atomic E-state index is -0.909. The van der Waals surface area contributed by atoms with Crippen LogP contribution < -0.4 is 10.6 Å². The van der Waals surface area contributed by atoms with E-state index in [1.165, 1.54) is 5.56 Å². The van der Waals surface area contributed by atoms with Crippen LogP contribution in [-0.4, -0.2) is 24.2 Å². The van der Waals surface area contributed by atoms with Crippen molar-refractivity contribution in [2.45, 2.75) is 32.9 Å². The fourth-order valence-corrected chi connectivity index (χ4v) is 2.92. The van der Waals surface area contributed by atoms with E-state index in [2.05, 4.69) is 46.8 Å². The highest BCUT2D eigenvalue weighted by atomic mass is 127. The number of nitrogens with one attached hydrogen (secondary N) is 2. The Morgan fingerprint density at radius 3 is 2.50 bits per heavy atom. The molecule has 1 atom stereocenters. The summed E-state index contributed by atoms with van der Waals surface area (Å²) < 4.78 is 0. The molecule has 0 aliphatic carbocycles. The third-order valence-electron chi connectivity index (χ3n) is 3.54. The molecule has 1 unspecified atom stereocenters. The van der Waals surface area contributed by atoms with Gasteiger partial charge < -0.3 is 15.7 Å². The first kappa shape index (κ1) is 20.9. The zero-order valence-corrected chi connectivity index (χ0v) is 17.5. The van der Waals surface area contributed by atoms with Crippen molar-refractivity contribution in [3.8, 4) is 0 Å². The quantitative estimate of drug-likeness (QED) is 0.351. The molecule has 0 aliphatic heterocycles. The Balaban J connectivity index is 0.00000288. The lowest BCUT2D eigenvalue weighted by Crippen LogP contribution is -2.44. The highest BCUT2D eigenvalue weighted by molar-refractivity contribution is 14.0. The van der Waals surface area contributed by atoms with Gasteiger partial charge in [-0.1, -0.05) is 35.9 Å². The first-order valence-corrected chi connectivity index (χ1v) is 8.73. The first-order chi connectivity index (χ1) is 11.0. The number of aliphatic hydroxyl groups is 1. The Labute approximate surface area is 165 Å². The average molecular weight is 459 g/mol. The molecule has 2 rings (SSSR count). The minimum Gasteiger partial charge on any atom is -0.383 e. The second kappa shape index (κ2) is 10.0. The highest BCUT2D eigenvalue weighted by Gasteiger charge is 2.24. The number of halogens is 1. The van der Waals surface area contributed by atoms with Crippen LogP contribution in [0.15, 0.2) is 46.8 Å². The van der Waals surface area contributed by atoms with Crippen molar-refractivity contribution in [2.75, 3.05) is 13.1 Å². The smallest absolute Gasteiger partial charge is 0.191 e. The van der Waals surface area contributed by atoms with Crippen LogP contribution >= 0.6 is 35.3 Å². The molecule has 3 N–H and O–H groups in total. The van der Waals surface area contributed by atoms with Crippen LogP contribution in [-0.2, 0) is 12.1 Å². The van der Waals surface area contributed by atoms with E-state index in [1.807, 2.05) is 31.4 Å². The van der Waals surface area contributed by atoms with Gasteiger partial charge in [0.15, 0.2) is 5.96 Å². The molecule has 0 spiro atoms. The lowest BCUT2D eigenvalue weighted by molar-refractivity contribution is 0.0655. The molecule has 1 aromatic heterocycles. The van der Waals surface area contributed by atoms with Gasteiger partial charge in [-0.2, -0.15) is 0 Å². The predicted molar refractivity (Wildman–Crippen MR) is 113 cm³/mol. The second-order valence-corrected chi connectivity index (χ2v) is 6.73. The summed E-state index contributed by atoms with van der Waals surface area (Å²) in [6.45, 7) is 7.71. The Bertz CT molecular complexity index is 624. The third-order valence-corrected chi connectivity index (χ3v) is 4.66. The molecular weight excluding hydrogens is 433 g/mol. The van der Waals surface area contributed by atoms with Crippen molar-refractivity contribution >= 4 is 41.3 Å². The molecule has 0 bridgehead atoms. The molecule has 0 radical (unpaired) electrons. The standard InChI is InChI=1S/C18H25N3OS.HI/c1-4-19-17(20-12-15-9-7-14(2)8-10-15)21-13-18(3,22)16-6-5-11-23-16;/h5-11,22H,4,12-13H2,1-3H3,(H2,19,20,21);1H. The Morgan fingerprint density at radius 2 is 1.92 bits per heavy atom. The van der Waals surface area contributed by atoms with Gasteiger partial charge >= 0.3 is 0 Å². The molecule has 0 saturated carbocycles. The van der Waals surface area contributed by atoms with Gasteiger partial charge in [0.2, 0.25) is 0 Å². The average Bonchev–Trinajstić information content (AvgIpc) is 3.07. The van der Waals surface area contributed by atoms with Crippen molar-refractivity contribution in [2.24, 2.45) is 4.99 Å². The van der Waals surface area contributed by atoms with Crippen molar-refractivity contribution in [1.82, 2.24) is 10.6 Å². The predicted octanol–water partition coefficient (Wildman–Crippen LogP) is 3.64. The van der Waals surface area contributed by atoms with Crippen LogP contribution in [0.25, 0.3) is 0 Å². The Hall–Kier alpha value is -1.12. The highest BCUT2D eigenvalue weighted by Crippen LogP contribution is 2.24. The maximum atomic E-state index is 10.6. The fraction of sp³-hybridized carbons (Fsp3) is 0.389. The number of aliphatic imine (C=N–C) groups is 1. The van der Waals surface area contributed by atoms with Crippen LogP contribution in [0.3, 0.4) is 0 Å². The Kier molecular flexibility index (Phi) is 8.72. The number of hydrogen-bond donors (Lipinski definition) is 3. The van der Waals surface area contributed by atoms with Gasteiger partial charge in [-0.05, 0) is 37.8 Å². The van der Waals surface area contributed by atoms with Crippen LogP contribution in [0.1, 0.15) is 29.9 Å². The summed E-state index contributed by atoms with van der Waals surface area (Å²) >= 11 is 1.56. The van der Waals surface area contributed by atoms with Gasteiger partial charge in [0.05, 0.1) is 13.1 Å². The van der Waals surface area contributed by atoms with E-state index in [0.717, 1.165) is 17.0 Å². The molecule has 2 aromatic rings. The summed E-state index contributed by atoms with van der Waals surface area (Å²) in [5.41, 5.74) is 1.50. The first-order valence-electron chi connectivity index (χ1n) is 7.85. The zero-order chi connectivity index (χ0) is 16.7. The SMILES string of the molecule is CCNC(=NCc1ccc(C)cc1)NCC(C)(O)c1cccs1.I. The van der Waals surface area contributed by atoms with Crippen molar-refractivity contribution in [3.05, 3.63) is 57.8 Å². The molecule has 4 nitrogen and oxygen atoms in total. The summed E-state index contributed by atoms with van der Waals surface area (Å²) in [7, 11) is 0. The van der Waals surface area contributed by atoms with E-state index in [9.17, 15) is 5.11 Å². The maximum absolute atomic E-state index is 10.6. The van der Waals surface area contributed by atoms with Gasteiger partial charge in [0, 0.05) is 11.4 Å². The number of benzene rings is 1. The molecule has 132 valence electrons. The molecule has 1 heterocycles. The van der Waals surface area contributed by atoms with E-state index in [1.54, 1.807) is 11.3 Å². The van der Waals surface area contributed by atoms with Gasteiger partial charge in [0.25, 0.3) is 0 Å². The van der Waals surface area contributed by atoms with E-state index in [4.69, 9.17) is 0 Å². The maximum Gasteiger partial charge on any atom is 0.191 e. The number of guanidine groups is 1. The molecule has 0 fully saturated rings. The normalized spacial score (nSPS) is 13.8. The molecular formula is C18H26IN3OS. The summed E-state index contributed by atoms with van der Waals surface area (Å²) in [5.74, 6) is 0.713. The van der Waals surface area contributed by atoms with E-state index < -0.39 is 5.60 Å². The molecule has 0 saturated heterocycles. The van der Waals surface area contributed by atoms with Gasteiger partial charge in [-0.15, -0.1) is 35.3 Å². The largest absolute Gasteiger partial charge is 0.383 e. The van der Waals surface area contributed by atoms with Crippen LogP contribution in [0.2, 0.25) is 0 Å². The summed E-state index contributed by atoms with van der Waals surface area (Å²) in [5, 5.41) is 19.0. The lowest BCUT2D eigenvalue weighted by Gasteiger charge is -2.23.